The summed E-state index contributed by atoms with van der Waals surface area (Å²) in [7, 11) is -3.23. The van der Waals surface area contributed by atoms with Gasteiger partial charge in [-0.15, -0.1) is 0 Å². The van der Waals surface area contributed by atoms with Gasteiger partial charge in [0.1, 0.15) is 5.78 Å². The number of aromatic nitrogens is 2. The van der Waals surface area contributed by atoms with Crippen LogP contribution in [0, 0.1) is 0 Å². The zero-order chi connectivity index (χ0) is 20.5. The maximum atomic E-state index is 11.6. The number of carbonyl (C=O) groups is 1. The predicted octanol–water partition coefficient (Wildman–Crippen LogP) is 3.65. The van der Waals surface area contributed by atoms with Gasteiger partial charge in [-0.2, -0.15) is 10.2 Å². The van der Waals surface area contributed by atoms with Gasteiger partial charge in [0.25, 0.3) is 0 Å². The number of sulfone groups is 1. The minimum atomic E-state index is -3.23. The van der Waals surface area contributed by atoms with Crippen LogP contribution in [0.4, 0.5) is 5.69 Å². The van der Waals surface area contributed by atoms with Gasteiger partial charge in [0, 0.05) is 17.7 Å². The van der Waals surface area contributed by atoms with E-state index in [1.165, 1.54) is 13.2 Å². The van der Waals surface area contributed by atoms with Gasteiger partial charge >= 0.3 is 0 Å². The van der Waals surface area contributed by atoms with Crippen LogP contribution in [-0.2, 0) is 21.1 Å². The quantitative estimate of drug-likeness (QED) is 0.683. The Morgan fingerprint density at radius 1 is 1.04 bits per heavy atom. The molecule has 28 heavy (non-hydrogen) atoms. The van der Waals surface area contributed by atoms with Crippen LogP contribution in [0.2, 0.25) is 0 Å². The van der Waals surface area contributed by atoms with Gasteiger partial charge in [0.15, 0.2) is 9.84 Å². The molecule has 0 bridgehead atoms. The number of hydrogen-bond acceptors (Lipinski definition) is 6. The number of anilines is 1. The fraction of sp³-hybridized carbons (Fsp3) is 0.286. The van der Waals surface area contributed by atoms with Crippen molar-refractivity contribution in [3.8, 4) is 11.1 Å². The highest BCUT2D eigenvalue weighted by atomic mass is 32.2. The van der Waals surface area contributed by atoms with Crippen molar-refractivity contribution in [2.45, 2.75) is 38.1 Å². The second kappa shape index (κ2) is 7.67. The van der Waals surface area contributed by atoms with E-state index in [0.717, 1.165) is 22.2 Å². The molecule has 1 N–H and O–H groups in total. The van der Waals surface area contributed by atoms with E-state index in [4.69, 9.17) is 0 Å². The van der Waals surface area contributed by atoms with Crippen molar-refractivity contribution in [3.63, 3.8) is 0 Å². The third kappa shape index (κ3) is 4.36. The summed E-state index contributed by atoms with van der Waals surface area (Å²) < 4.78 is 23.3. The number of fused-ring (bicyclic) bond motifs is 1. The Morgan fingerprint density at radius 3 is 2.25 bits per heavy atom. The molecule has 3 aromatic rings. The molecule has 0 aliphatic heterocycles. The first-order valence-corrected chi connectivity index (χ1v) is 10.9. The molecule has 0 amide bonds. The smallest absolute Gasteiger partial charge is 0.175 e. The first-order valence-electron chi connectivity index (χ1n) is 9.01. The highest BCUT2D eigenvalue weighted by Gasteiger charge is 2.14. The Morgan fingerprint density at radius 2 is 1.68 bits per heavy atom. The SMILES string of the molecule is CC(=O)Cc1nnc2cc(-c3ccc(S(C)(=O)=O)cc3)ccc2c1NC(C)C. The van der Waals surface area contributed by atoms with Crippen molar-refractivity contribution in [2.24, 2.45) is 0 Å². The molecule has 6 nitrogen and oxygen atoms in total. The fourth-order valence-electron chi connectivity index (χ4n) is 3.03. The zero-order valence-electron chi connectivity index (χ0n) is 16.4. The number of Topliss-reactive ketones (excluding diaryl/α,β-unsaturated/α-hetero) is 1. The molecular weight excluding hydrogens is 374 g/mol. The number of nitrogens with one attached hydrogen (secondary N) is 1. The largest absolute Gasteiger partial charge is 0.381 e. The first kappa shape index (κ1) is 19.9. The summed E-state index contributed by atoms with van der Waals surface area (Å²) in [5.41, 5.74) is 3.98. The summed E-state index contributed by atoms with van der Waals surface area (Å²) in [5.74, 6) is 0.0306. The van der Waals surface area contributed by atoms with E-state index in [2.05, 4.69) is 15.5 Å². The molecule has 0 radical (unpaired) electrons. The highest BCUT2D eigenvalue weighted by Crippen LogP contribution is 2.30. The predicted molar refractivity (Wildman–Crippen MR) is 111 cm³/mol. The van der Waals surface area contributed by atoms with Gasteiger partial charge in [-0.25, -0.2) is 8.42 Å². The van der Waals surface area contributed by atoms with Crippen LogP contribution in [0.1, 0.15) is 26.5 Å². The van der Waals surface area contributed by atoms with Crippen LogP contribution in [0.5, 0.6) is 0 Å². The standard InChI is InChI=1S/C21H23N3O3S/c1-13(2)22-21-18-10-7-16(12-19(18)23-24-20(21)11-14(3)25)15-5-8-17(9-6-15)28(4,26)27/h5-10,12-13H,11H2,1-4H3,(H,22,23). The van der Waals surface area contributed by atoms with E-state index in [0.29, 0.717) is 11.2 Å². The Labute approximate surface area is 164 Å². The minimum Gasteiger partial charge on any atom is -0.381 e. The van der Waals surface area contributed by atoms with Crippen molar-refractivity contribution in [3.05, 3.63) is 48.2 Å². The molecule has 1 aromatic heterocycles. The molecule has 0 aliphatic rings. The molecule has 0 unspecified atom stereocenters. The van der Waals surface area contributed by atoms with E-state index >= 15 is 0 Å². The lowest BCUT2D eigenvalue weighted by atomic mass is 10.0. The van der Waals surface area contributed by atoms with E-state index in [9.17, 15) is 13.2 Å². The second-order valence-electron chi connectivity index (χ2n) is 7.23. The van der Waals surface area contributed by atoms with Crippen molar-refractivity contribution in [1.82, 2.24) is 10.2 Å². The topological polar surface area (TPSA) is 89.0 Å². The highest BCUT2D eigenvalue weighted by molar-refractivity contribution is 7.90. The Balaban J connectivity index is 2.07. The van der Waals surface area contributed by atoms with Gasteiger partial charge < -0.3 is 5.32 Å². The average Bonchev–Trinajstić information content (AvgIpc) is 2.62. The van der Waals surface area contributed by atoms with Crippen LogP contribution in [0.15, 0.2) is 47.4 Å². The molecule has 2 aromatic carbocycles. The Hall–Kier alpha value is -2.80. The summed E-state index contributed by atoms with van der Waals surface area (Å²) in [6.07, 6.45) is 1.42. The number of rotatable bonds is 6. The first-order chi connectivity index (χ1) is 13.1. The Kier molecular flexibility index (Phi) is 5.47. The maximum Gasteiger partial charge on any atom is 0.175 e. The van der Waals surface area contributed by atoms with E-state index in [1.54, 1.807) is 24.3 Å². The van der Waals surface area contributed by atoms with Gasteiger partial charge in [0.2, 0.25) is 0 Å². The number of nitrogens with zero attached hydrogens (tertiary/aromatic N) is 2. The third-order valence-corrected chi connectivity index (χ3v) is 5.43. The molecule has 0 saturated heterocycles. The summed E-state index contributed by atoms with van der Waals surface area (Å²) >= 11 is 0. The fourth-order valence-corrected chi connectivity index (χ4v) is 3.66. The van der Waals surface area contributed by atoms with Gasteiger partial charge in [-0.3, -0.25) is 4.79 Å². The summed E-state index contributed by atoms with van der Waals surface area (Å²) in [5, 5.41) is 12.9. The van der Waals surface area contributed by atoms with E-state index < -0.39 is 9.84 Å². The van der Waals surface area contributed by atoms with Gasteiger partial charge in [0.05, 0.1) is 28.2 Å². The average molecular weight is 398 g/mol. The van der Waals surface area contributed by atoms with Crippen LogP contribution in [-0.4, -0.2) is 36.7 Å². The molecule has 146 valence electrons. The summed E-state index contributed by atoms with van der Waals surface area (Å²) in [6, 6.07) is 12.8. The number of benzene rings is 2. The van der Waals surface area contributed by atoms with Crippen LogP contribution >= 0.6 is 0 Å². The lowest BCUT2D eigenvalue weighted by molar-refractivity contribution is -0.116. The van der Waals surface area contributed by atoms with Crippen LogP contribution in [0.25, 0.3) is 22.0 Å². The molecule has 0 spiro atoms. The zero-order valence-corrected chi connectivity index (χ0v) is 17.2. The molecule has 3 rings (SSSR count). The normalized spacial score (nSPS) is 11.8. The second-order valence-corrected chi connectivity index (χ2v) is 9.24. The number of hydrogen-bond donors (Lipinski definition) is 1. The molecule has 1 heterocycles. The van der Waals surface area contributed by atoms with Crippen LogP contribution in [0.3, 0.4) is 0 Å². The Bertz CT molecular complexity index is 1140. The van der Waals surface area contributed by atoms with Crippen molar-refractivity contribution in [1.29, 1.82) is 0 Å². The van der Waals surface area contributed by atoms with Gasteiger partial charge in [-0.1, -0.05) is 18.2 Å². The maximum absolute atomic E-state index is 11.6. The summed E-state index contributed by atoms with van der Waals surface area (Å²) in [4.78, 5) is 11.9. The molecule has 0 fully saturated rings. The van der Waals surface area contributed by atoms with Crippen molar-refractivity contribution >= 4 is 32.2 Å². The molecule has 0 atom stereocenters. The minimum absolute atomic E-state index is 0.0306. The van der Waals surface area contributed by atoms with Crippen LogP contribution < -0.4 is 5.32 Å². The monoisotopic (exact) mass is 397 g/mol. The lowest BCUT2D eigenvalue weighted by Gasteiger charge is -2.16. The number of carbonyl (C=O) groups excluding carboxylic acids is 1. The number of ketones is 1. The molecule has 0 saturated carbocycles. The lowest BCUT2D eigenvalue weighted by Crippen LogP contribution is -2.15. The molecule has 0 aliphatic carbocycles. The van der Waals surface area contributed by atoms with Gasteiger partial charge in [-0.05, 0) is 56.2 Å². The van der Waals surface area contributed by atoms with E-state index in [1.807, 2.05) is 32.0 Å². The van der Waals surface area contributed by atoms with Crippen molar-refractivity contribution < 1.29 is 13.2 Å². The third-order valence-electron chi connectivity index (χ3n) is 4.30. The molecule has 7 heteroatoms. The van der Waals surface area contributed by atoms with Crippen molar-refractivity contribution in [2.75, 3.05) is 11.6 Å². The van der Waals surface area contributed by atoms with E-state index in [-0.39, 0.29) is 23.1 Å². The molecular formula is C21H23N3O3S. The summed E-state index contributed by atoms with van der Waals surface area (Å²) in [6.45, 7) is 5.59.